The molecule has 0 saturated heterocycles. The monoisotopic (exact) mass is 407 g/mol. The van der Waals surface area contributed by atoms with Gasteiger partial charge in [-0.2, -0.15) is 0 Å². The Hall–Kier alpha value is -0.600. The van der Waals surface area contributed by atoms with Crippen molar-refractivity contribution in [2.75, 3.05) is 12.3 Å². The highest BCUT2D eigenvalue weighted by Gasteiger charge is 2.22. The lowest BCUT2D eigenvalue weighted by Crippen LogP contribution is -2.05. The number of halogens is 1. The van der Waals surface area contributed by atoms with Gasteiger partial charge >= 0.3 is 5.97 Å². The number of hydrogen-bond acceptors (Lipinski definition) is 5. The van der Waals surface area contributed by atoms with Gasteiger partial charge in [-0.1, -0.05) is 6.92 Å². The van der Waals surface area contributed by atoms with E-state index in [-0.39, 0.29) is 5.97 Å². The van der Waals surface area contributed by atoms with Gasteiger partial charge in [-0.05, 0) is 47.6 Å². The molecule has 0 fully saturated rings. The first-order valence-electron chi connectivity index (χ1n) is 5.91. The second kappa shape index (κ2) is 6.23. The lowest BCUT2D eigenvalue weighted by molar-refractivity contribution is 0.0533. The van der Waals surface area contributed by atoms with Crippen molar-refractivity contribution in [1.29, 1.82) is 0 Å². The van der Waals surface area contributed by atoms with Crippen LogP contribution in [-0.2, 0) is 11.2 Å². The fraction of sp³-hybridized carbons (Fsp3) is 0.308. The summed E-state index contributed by atoms with van der Waals surface area (Å²) < 4.78 is 6.28. The normalized spacial score (nSPS) is 10.7. The van der Waals surface area contributed by atoms with Crippen molar-refractivity contribution in [3.8, 4) is 10.4 Å². The predicted molar refractivity (Wildman–Crippen MR) is 90.1 cm³/mol. The number of nitrogen functional groups attached to an aromatic ring is 1. The first-order valence-corrected chi connectivity index (χ1v) is 8.68. The summed E-state index contributed by atoms with van der Waals surface area (Å²) in [5.74, 6) is -0.323. The molecule has 2 aromatic rings. The van der Waals surface area contributed by atoms with E-state index in [0.29, 0.717) is 17.2 Å². The van der Waals surface area contributed by atoms with Gasteiger partial charge in [-0.15, -0.1) is 22.7 Å². The van der Waals surface area contributed by atoms with Crippen molar-refractivity contribution in [1.82, 2.24) is 0 Å². The van der Waals surface area contributed by atoms with E-state index in [4.69, 9.17) is 10.5 Å². The Balaban J connectivity index is 2.50. The van der Waals surface area contributed by atoms with Gasteiger partial charge in [0.05, 0.1) is 15.2 Å². The second-order valence-electron chi connectivity index (χ2n) is 3.87. The summed E-state index contributed by atoms with van der Waals surface area (Å²) in [6.07, 6.45) is 0.809. The lowest BCUT2D eigenvalue weighted by atomic mass is 10.1. The number of nitrogens with two attached hydrogens (primary N) is 1. The Kier molecular flexibility index (Phi) is 4.86. The molecule has 0 aliphatic heterocycles. The molecule has 0 aliphatic carbocycles. The molecule has 0 spiro atoms. The van der Waals surface area contributed by atoms with Crippen LogP contribution in [0.3, 0.4) is 0 Å². The van der Waals surface area contributed by atoms with Crippen molar-refractivity contribution < 1.29 is 9.53 Å². The van der Waals surface area contributed by atoms with Gasteiger partial charge in [0.2, 0.25) is 0 Å². The molecule has 2 rings (SSSR count). The molecule has 0 saturated carbocycles. The van der Waals surface area contributed by atoms with Gasteiger partial charge in [-0.25, -0.2) is 4.79 Å². The molecule has 2 heterocycles. The van der Waals surface area contributed by atoms with E-state index in [1.165, 1.54) is 14.2 Å². The van der Waals surface area contributed by atoms with Gasteiger partial charge in [0, 0.05) is 15.8 Å². The Bertz CT molecular complexity index is 604. The maximum Gasteiger partial charge on any atom is 0.350 e. The molecule has 6 heteroatoms. The van der Waals surface area contributed by atoms with Crippen LogP contribution < -0.4 is 5.73 Å². The van der Waals surface area contributed by atoms with Crippen molar-refractivity contribution in [2.24, 2.45) is 0 Å². The third-order valence-corrected chi connectivity index (χ3v) is 5.76. The number of carbonyl (C=O) groups excluding carboxylic acids is 1. The highest BCUT2D eigenvalue weighted by atomic mass is 127. The molecule has 0 aromatic carbocycles. The first kappa shape index (κ1) is 14.8. The van der Waals surface area contributed by atoms with E-state index in [1.54, 1.807) is 18.3 Å². The van der Waals surface area contributed by atoms with Crippen LogP contribution >= 0.6 is 45.3 Å². The van der Waals surface area contributed by atoms with E-state index in [1.807, 2.05) is 6.92 Å². The molecule has 102 valence electrons. The number of rotatable bonds is 4. The maximum absolute atomic E-state index is 11.9. The van der Waals surface area contributed by atoms with E-state index in [9.17, 15) is 4.79 Å². The SMILES string of the molecule is CCOC(=O)c1sc(-c2csc(I)c2)c(CC)c1N. The molecule has 0 aliphatic rings. The molecule has 2 aromatic heterocycles. The number of hydrogen-bond donors (Lipinski definition) is 1. The fourth-order valence-corrected chi connectivity index (χ4v) is 4.44. The Morgan fingerprint density at radius 3 is 2.74 bits per heavy atom. The molecular formula is C13H14INO2S2. The standard InChI is InChI=1S/C13H14INO2S2/c1-3-8-10(15)12(13(16)17-4-2)19-11(8)7-5-9(14)18-6-7/h5-6H,3-4,15H2,1-2H3. The summed E-state index contributed by atoms with van der Waals surface area (Å²) in [7, 11) is 0. The minimum absolute atomic E-state index is 0.323. The van der Waals surface area contributed by atoms with Crippen molar-refractivity contribution in [3.05, 3.63) is 24.8 Å². The topological polar surface area (TPSA) is 52.3 Å². The molecule has 0 amide bonds. The summed E-state index contributed by atoms with van der Waals surface area (Å²) in [5.41, 5.74) is 8.85. The zero-order chi connectivity index (χ0) is 14.0. The molecule has 0 unspecified atom stereocenters. The quantitative estimate of drug-likeness (QED) is 0.604. The molecule has 0 radical (unpaired) electrons. The number of carbonyl (C=O) groups is 1. The minimum Gasteiger partial charge on any atom is -0.462 e. The molecule has 3 nitrogen and oxygen atoms in total. The summed E-state index contributed by atoms with van der Waals surface area (Å²) in [4.78, 5) is 13.5. The second-order valence-corrected chi connectivity index (χ2v) is 7.69. The molecule has 0 bridgehead atoms. The van der Waals surface area contributed by atoms with Gasteiger partial charge < -0.3 is 10.5 Å². The van der Waals surface area contributed by atoms with Crippen molar-refractivity contribution in [2.45, 2.75) is 20.3 Å². The first-order chi connectivity index (χ1) is 9.08. The Morgan fingerprint density at radius 2 is 2.21 bits per heavy atom. The molecular weight excluding hydrogens is 393 g/mol. The van der Waals surface area contributed by atoms with Crippen molar-refractivity contribution >= 4 is 56.9 Å². The molecule has 2 N–H and O–H groups in total. The average molecular weight is 407 g/mol. The lowest BCUT2D eigenvalue weighted by Gasteiger charge is -2.01. The number of anilines is 1. The van der Waals surface area contributed by atoms with Crippen LogP contribution in [0.25, 0.3) is 10.4 Å². The van der Waals surface area contributed by atoms with Gasteiger partial charge in [0.15, 0.2) is 0 Å². The minimum atomic E-state index is -0.323. The third kappa shape index (κ3) is 2.95. The van der Waals surface area contributed by atoms with Gasteiger partial charge in [0.25, 0.3) is 0 Å². The predicted octanol–water partition coefficient (Wildman–Crippen LogP) is 4.40. The van der Waals surface area contributed by atoms with Crippen LogP contribution in [0.5, 0.6) is 0 Å². The van der Waals surface area contributed by atoms with Crippen LogP contribution in [-0.4, -0.2) is 12.6 Å². The molecule has 19 heavy (non-hydrogen) atoms. The van der Waals surface area contributed by atoms with Crippen LogP contribution in [0.15, 0.2) is 11.4 Å². The van der Waals surface area contributed by atoms with Crippen molar-refractivity contribution in [3.63, 3.8) is 0 Å². The summed E-state index contributed by atoms with van der Waals surface area (Å²) in [5, 5.41) is 2.10. The highest BCUT2D eigenvalue weighted by Crippen LogP contribution is 2.41. The number of esters is 1. The third-order valence-electron chi connectivity index (χ3n) is 2.69. The Labute approximate surface area is 133 Å². The van der Waals surface area contributed by atoms with Crippen LogP contribution in [0.1, 0.15) is 29.1 Å². The number of ether oxygens (including phenoxy) is 1. The summed E-state index contributed by atoms with van der Waals surface area (Å²) >= 11 is 5.41. The summed E-state index contributed by atoms with van der Waals surface area (Å²) in [6.45, 7) is 4.21. The van der Waals surface area contributed by atoms with Crippen LogP contribution in [0.4, 0.5) is 5.69 Å². The van der Waals surface area contributed by atoms with Crippen LogP contribution in [0.2, 0.25) is 0 Å². The summed E-state index contributed by atoms with van der Waals surface area (Å²) in [6, 6.07) is 2.12. The van der Waals surface area contributed by atoms with Gasteiger partial charge in [-0.3, -0.25) is 0 Å². The van der Waals surface area contributed by atoms with E-state index in [2.05, 4.69) is 34.0 Å². The Morgan fingerprint density at radius 1 is 1.47 bits per heavy atom. The smallest absolute Gasteiger partial charge is 0.350 e. The highest BCUT2D eigenvalue weighted by molar-refractivity contribution is 14.1. The van der Waals surface area contributed by atoms with Gasteiger partial charge in [0.1, 0.15) is 4.88 Å². The zero-order valence-electron chi connectivity index (χ0n) is 10.7. The molecule has 0 atom stereocenters. The number of thiophene rings is 2. The van der Waals surface area contributed by atoms with Crippen LogP contribution in [0, 0.1) is 2.88 Å². The van der Waals surface area contributed by atoms with E-state index < -0.39 is 0 Å². The largest absolute Gasteiger partial charge is 0.462 e. The van der Waals surface area contributed by atoms with E-state index in [0.717, 1.165) is 22.4 Å². The maximum atomic E-state index is 11.9. The zero-order valence-corrected chi connectivity index (χ0v) is 14.4. The van der Waals surface area contributed by atoms with E-state index >= 15 is 0 Å². The fourth-order valence-electron chi connectivity index (χ4n) is 1.84. The average Bonchev–Trinajstić information content (AvgIpc) is 2.93.